The predicted octanol–water partition coefficient (Wildman–Crippen LogP) is 5.43. The van der Waals surface area contributed by atoms with Crippen LogP contribution in [0.2, 0.25) is 5.02 Å². The highest BCUT2D eigenvalue weighted by atomic mass is 35.5. The van der Waals surface area contributed by atoms with E-state index in [-0.39, 0.29) is 6.03 Å². The monoisotopic (exact) mass is 407 g/mol. The van der Waals surface area contributed by atoms with Gasteiger partial charge in [0, 0.05) is 35.1 Å². The lowest BCUT2D eigenvalue weighted by Crippen LogP contribution is -2.30. The second-order valence-electron chi connectivity index (χ2n) is 6.99. The van der Waals surface area contributed by atoms with E-state index < -0.39 is 0 Å². The highest BCUT2D eigenvalue weighted by Crippen LogP contribution is 2.23. The Labute approximate surface area is 174 Å². The summed E-state index contributed by atoms with van der Waals surface area (Å²) in [4.78, 5) is 14.5. The van der Waals surface area contributed by atoms with Gasteiger partial charge in [-0.1, -0.05) is 29.8 Å². The Morgan fingerprint density at radius 1 is 0.862 bits per heavy atom. The van der Waals surface area contributed by atoms with E-state index >= 15 is 0 Å². The van der Waals surface area contributed by atoms with Gasteiger partial charge in [0.1, 0.15) is 0 Å². The summed E-state index contributed by atoms with van der Waals surface area (Å²) >= 11 is 5.95. The molecule has 7 heteroatoms. The Kier molecular flexibility index (Phi) is 5.91. The molecule has 148 valence electrons. The van der Waals surface area contributed by atoms with Gasteiger partial charge in [-0.25, -0.2) is 4.79 Å². The van der Waals surface area contributed by atoms with Crippen LogP contribution in [-0.4, -0.2) is 29.3 Å². The molecule has 29 heavy (non-hydrogen) atoms. The van der Waals surface area contributed by atoms with E-state index in [2.05, 4.69) is 25.7 Å². The molecule has 1 aliphatic heterocycles. The minimum Gasteiger partial charge on any atom is -0.355 e. The Morgan fingerprint density at radius 2 is 1.59 bits per heavy atom. The average molecular weight is 408 g/mol. The molecule has 0 spiro atoms. The summed E-state index contributed by atoms with van der Waals surface area (Å²) < 4.78 is 0. The van der Waals surface area contributed by atoms with Crippen molar-refractivity contribution in [3.05, 3.63) is 65.7 Å². The fraction of sp³-hybridized carbons (Fsp3) is 0.227. The molecule has 0 unspecified atom stereocenters. The second-order valence-corrected chi connectivity index (χ2v) is 7.43. The number of urea groups is 1. The van der Waals surface area contributed by atoms with E-state index in [9.17, 15) is 4.79 Å². The Morgan fingerprint density at radius 3 is 2.28 bits per heavy atom. The van der Waals surface area contributed by atoms with Crippen LogP contribution in [0.4, 0.5) is 22.0 Å². The van der Waals surface area contributed by atoms with Gasteiger partial charge in [-0.15, -0.1) is 10.2 Å². The molecule has 3 aromatic rings. The normalized spacial score (nSPS) is 13.8. The first-order valence-electron chi connectivity index (χ1n) is 9.70. The van der Waals surface area contributed by atoms with Gasteiger partial charge in [0.25, 0.3) is 0 Å². The summed E-state index contributed by atoms with van der Waals surface area (Å²) in [7, 11) is 0. The van der Waals surface area contributed by atoms with Crippen LogP contribution in [0, 0.1) is 0 Å². The number of anilines is 3. The molecule has 6 nitrogen and oxygen atoms in total. The lowest BCUT2D eigenvalue weighted by atomic mass is 10.1. The number of nitrogens with one attached hydrogen (secondary N) is 2. The molecule has 1 aromatic heterocycles. The van der Waals surface area contributed by atoms with Crippen molar-refractivity contribution in [2.45, 2.75) is 19.3 Å². The maximum atomic E-state index is 12.3. The van der Waals surface area contributed by atoms with E-state index in [0.29, 0.717) is 16.4 Å². The van der Waals surface area contributed by atoms with E-state index in [1.54, 1.807) is 24.3 Å². The molecule has 0 atom stereocenters. The van der Waals surface area contributed by atoms with Gasteiger partial charge >= 0.3 is 6.03 Å². The zero-order valence-corrected chi connectivity index (χ0v) is 16.7. The van der Waals surface area contributed by atoms with Gasteiger partial charge in [0.2, 0.25) is 0 Å². The van der Waals surface area contributed by atoms with Crippen LogP contribution in [0.25, 0.3) is 11.3 Å². The summed E-state index contributed by atoms with van der Waals surface area (Å²) in [6, 6.07) is 18.2. The minimum atomic E-state index is -0.337. The first kappa shape index (κ1) is 19.2. The third-order valence-corrected chi connectivity index (χ3v) is 5.06. The Hall–Kier alpha value is -3.12. The van der Waals surface area contributed by atoms with Crippen LogP contribution in [0.3, 0.4) is 0 Å². The number of piperidine rings is 1. The number of hydrogen-bond donors (Lipinski definition) is 2. The van der Waals surface area contributed by atoms with Crippen LogP contribution in [-0.2, 0) is 0 Å². The highest BCUT2D eigenvalue weighted by Gasteiger charge is 2.13. The maximum Gasteiger partial charge on any atom is 0.323 e. The van der Waals surface area contributed by atoms with Gasteiger partial charge in [0.05, 0.1) is 5.69 Å². The number of carbonyl (C=O) groups is 1. The zero-order valence-electron chi connectivity index (χ0n) is 15.9. The number of benzene rings is 2. The Balaban J connectivity index is 1.43. The molecule has 2 N–H and O–H groups in total. The van der Waals surface area contributed by atoms with Crippen molar-refractivity contribution < 1.29 is 4.79 Å². The highest BCUT2D eigenvalue weighted by molar-refractivity contribution is 6.30. The zero-order chi connectivity index (χ0) is 20.1. The molecule has 0 bridgehead atoms. The molecule has 1 aliphatic rings. The van der Waals surface area contributed by atoms with Crippen LogP contribution in [0.5, 0.6) is 0 Å². The third-order valence-electron chi connectivity index (χ3n) is 4.83. The molecule has 4 rings (SSSR count). The summed E-state index contributed by atoms with van der Waals surface area (Å²) in [5, 5.41) is 15.0. The van der Waals surface area contributed by atoms with Gasteiger partial charge in [-0.05, 0) is 61.7 Å². The van der Waals surface area contributed by atoms with Gasteiger partial charge in [-0.3, -0.25) is 0 Å². The molecule has 1 fully saturated rings. The number of rotatable bonds is 4. The van der Waals surface area contributed by atoms with Crippen LogP contribution >= 0.6 is 11.6 Å². The number of halogens is 1. The standard InChI is InChI=1S/C22H22ClN5O/c23-17-7-5-9-19(15-17)25-22(29)24-18-8-4-6-16(14-18)20-10-11-21(27-26-20)28-12-2-1-3-13-28/h4-11,14-15H,1-3,12-13H2,(H2,24,25,29). The van der Waals surface area contributed by atoms with Crippen LogP contribution in [0.1, 0.15) is 19.3 Å². The Bertz CT molecular complexity index is 987. The maximum absolute atomic E-state index is 12.3. The fourth-order valence-corrected chi connectivity index (χ4v) is 3.58. The predicted molar refractivity (Wildman–Crippen MR) is 118 cm³/mol. The van der Waals surface area contributed by atoms with Gasteiger partial charge in [0.15, 0.2) is 5.82 Å². The molecular weight excluding hydrogens is 386 g/mol. The quantitative estimate of drug-likeness (QED) is 0.604. The van der Waals surface area contributed by atoms with Crippen molar-refractivity contribution in [1.82, 2.24) is 10.2 Å². The molecule has 0 radical (unpaired) electrons. The van der Waals surface area contributed by atoms with Crippen LogP contribution < -0.4 is 15.5 Å². The van der Waals surface area contributed by atoms with E-state index in [0.717, 1.165) is 30.2 Å². The lowest BCUT2D eigenvalue weighted by molar-refractivity contribution is 0.262. The molecule has 0 aliphatic carbocycles. The first-order chi connectivity index (χ1) is 14.2. The molecule has 2 aromatic carbocycles. The first-order valence-corrected chi connectivity index (χ1v) is 10.1. The number of nitrogens with zero attached hydrogens (tertiary/aromatic N) is 3. The van der Waals surface area contributed by atoms with Crippen molar-refractivity contribution in [3.8, 4) is 11.3 Å². The van der Waals surface area contributed by atoms with Crippen LogP contribution in [0.15, 0.2) is 60.7 Å². The minimum absolute atomic E-state index is 0.337. The lowest BCUT2D eigenvalue weighted by Gasteiger charge is -2.27. The molecule has 0 saturated carbocycles. The average Bonchev–Trinajstić information content (AvgIpc) is 2.75. The van der Waals surface area contributed by atoms with Crippen molar-refractivity contribution >= 4 is 34.8 Å². The number of carbonyl (C=O) groups excluding carboxylic acids is 1. The smallest absolute Gasteiger partial charge is 0.323 e. The molecule has 1 saturated heterocycles. The van der Waals surface area contributed by atoms with Gasteiger partial charge < -0.3 is 15.5 Å². The van der Waals surface area contributed by atoms with Crippen molar-refractivity contribution in [2.24, 2.45) is 0 Å². The summed E-state index contributed by atoms with van der Waals surface area (Å²) in [5.41, 5.74) is 2.96. The second kappa shape index (κ2) is 8.92. The third kappa shape index (κ3) is 5.03. The van der Waals surface area contributed by atoms with Crippen molar-refractivity contribution in [1.29, 1.82) is 0 Å². The molecule has 2 heterocycles. The summed E-state index contributed by atoms with van der Waals surface area (Å²) in [6.07, 6.45) is 3.69. The number of aromatic nitrogens is 2. The van der Waals surface area contributed by atoms with Crippen molar-refractivity contribution in [3.63, 3.8) is 0 Å². The van der Waals surface area contributed by atoms with E-state index in [1.165, 1.54) is 19.3 Å². The largest absolute Gasteiger partial charge is 0.355 e. The SMILES string of the molecule is O=C(Nc1cccc(Cl)c1)Nc1cccc(-c2ccc(N3CCCCC3)nn2)c1. The van der Waals surface area contributed by atoms with E-state index in [4.69, 9.17) is 11.6 Å². The molecule has 2 amide bonds. The molecular formula is C22H22ClN5O. The van der Waals surface area contributed by atoms with Gasteiger partial charge in [-0.2, -0.15) is 0 Å². The number of hydrogen-bond acceptors (Lipinski definition) is 4. The number of amides is 2. The topological polar surface area (TPSA) is 70.2 Å². The van der Waals surface area contributed by atoms with Crippen molar-refractivity contribution in [2.75, 3.05) is 28.6 Å². The summed E-state index contributed by atoms with van der Waals surface area (Å²) in [5.74, 6) is 0.920. The summed E-state index contributed by atoms with van der Waals surface area (Å²) in [6.45, 7) is 2.07. The van der Waals surface area contributed by atoms with E-state index in [1.807, 2.05) is 36.4 Å². The fourth-order valence-electron chi connectivity index (χ4n) is 3.39.